The summed E-state index contributed by atoms with van der Waals surface area (Å²) in [4.78, 5) is 39.3. The summed E-state index contributed by atoms with van der Waals surface area (Å²) in [5.74, 6) is -0.754. The first-order chi connectivity index (χ1) is 9.91. The second kappa shape index (κ2) is 5.09. The van der Waals surface area contributed by atoms with Crippen LogP contribution >= 0.6 is 0 Å². The Bertz CT molecular complexity index is 490. The van der Waals surface area contributed by atoms with Crippen molar-refractivity contribution in [2.45, 2.75) is 57.7 Å². The maximum Gasteiger partial charge on any atom is 0.321 e. The molecular weight excluding hydrogens is 272 g/mol. The molecule has 3 aliphatic rings. The summed E-state index contributed by atoms with van der Waals surface area (Å²) < 4.78 is 0. The third-order valence-electron chi connectivity index (χ3n) is 5.25. The predicted octanol–water partition coefficient (Wildman–Crippen LogP) is 0.707. The number of rotatable bonds is 3. The summed E-state index contributed by atoms with van der Waals surface area (Å²) >= 11 is 0. The maximum absolute atomic E-state index is 12.5. The molecule has 1 aliphatic carbocycles. The van der Waals surface area contributed by atoms with Gasteiger partial charge in [-0.15, -0.1) is 0 Å². The minimum atomic E-state index is -0.854. The Morgan fingerprint density at radius 1 is 1.29 bits per heavy atom. The lowest BCUT2D eigenvalue weighted by atomic mass is 9.94. The minimum absolute atomic E-state index is 0.125. The molecule has 2 saturated heterocycles. The molecular formula is C15H22N2O4. The van der Waals surface area contributed by atoms with Gasteiger partial charge in [-0.1, -0.05) is 6.42 Å². The van der Waals surface area contributed by atoms with E-state index in [-0.39, 0.29) is 30.2 Å². The Kier molecular flexibility index (Phi) is 3.51. The number of hydrogen-bond acceptors (Lipinski definition) is 4. The van der Waals surface area contributed by atoms with Crippen LogP contribution in [-0.4, -0.2) is 57.4 Å². The number of aliphatic carboxylic acids is 1. The molecule has 0 aromatic heterocycles. The molecule has 0 radical (unpaired) electrons. The van der Waals surface area contributed by atoms with Gasteiger partial charge in [0.1, 0.15) is 6.04 Å². The number of carboxylic acid groups (broad SMARTS) is 1. The molecule has 2 amide bonds. The zero-order valence-electron chi connectivity index (χ0n) is 12.5. The van der Waals surface area contributed by atoms with Gasteiger partial charge in [0.2, 0.25) is 11.8 Å². The van der Waals surface area contributed by atoms with Crippen molar-refractivity contribution in [1.29, 1.82) is 0 Å². The van der Waals surface area contributed by atoms with Crippen LogP contribution in [0, 0.1) is 11.8 Å². The first-order valence-electron chi connectivity index (χ1n) is 7.76. The quantitative estimate of drug-likeness (QED) is 0.776. The molecule has 0 spiro atoms. The van der Waals surface area contributed by atoms with Crippen LogP contribution in [0.5, 0.6) is 0 Å². The highest BCUT2D eigenvalue weighted by atomic mass is 16.4. The summed E-state index contributed by atoms with van der Waals surface area (Å²) in [5.41, 5.74) is 0. The van der Waals surface area contributed by atoms with Crippen LogP contribution in [0.25, 0.3) is 0 Å². The fraction of sp³-hybridized carbons (Fsp3) is 0.800. The summed E-state index contributed by atoms with van der Waals surface area (Å²) in [6.45, 7) is 4.26. The van der Waals surface area contributed by atoms with Gasteiger partial charge in [-0.05, 0) is 38.5 Å². The number of carbonyl (C=O) groups excluding carboxylic acids is 2. The molecule has 2 aliphatic heterocycles. The number of carboxylic acids is 1. The van der Waals surface area contributed by atoms with E-state index in [1.165, 1.54) is 4.90 Å². The molecule has 21 heavy (non-hydrogen) atoms. The van der Waals surface area contributed by atoms with Crippen molar-refractivity contribution in [3.63, 3.8) is 0 Å². The molecule has 116 valence electrons. The number of amides is 2. The predicted molar refractivity (Wildman–Crippen MR) is 74.4 cm³/mol. The number of fused-ring (bicyclic) bond motifs is 1. The molecule has 0 aromatic rings. The van der Waals surface area contributed by atoms with Gasteiger partial charge in [-0.3, -0.25) is 24.2 Å². The van der Waals surface area contributed by atoms with E-state index in [1.54, 1.807) is 4.90 Å². The van der Waals surface area contributed by atoms with E-state index >= 15 is 0 Å². The van der Waals surface area contributed by atoms with Crippen molar-refractivity contribution < 1.29 is 19.5 Å². The van der Waals surface area contributed by atoms with Gasteiger partial charge in [0.25, 0.3) is 0 Å². The van der Waals surface area contributed by atoms with Crippen LogP contribution in [-0.2, 0) is 14.4 Å². The lowest BCUT2D eigenvalue weighted by molar-refractivity contribution is -0.146. The first-order valence-corrected chi connectivity index (χ1v) is 7.76. The van der Waals surface area contributed by atoms with Gasteiger partial charge in [0.05, 0.1) is 12.5 Å². The second-order valence-electron chi connectivity index (χ2n) is 6.75. The van der Waals surface area contributed by atoms with Crippen LogP contribution < -0.4 is 0 Å². The van der Waals surface area contributed by atoms with Crippen LogP contribution in [0.15, 0.2) is 0 Å². The average molecular weight is 294 g/mol. The number of nitrogens with zero attached hydrogens (tertiary/aromatic N) is 2. The third-order valence-corrected chi connectivity index (χ3v) is 5.25. The molecule has 1 saturated carbocycles. The number of imide groups is 1. The molecule has 3 rings (SSSR count). The molecule has 4 unspecified atom stereocenters. The van der Waals surface area contributed by atoms with Gasteiger partial charge < -0.3 is 5.11 Å². The van der Waals surface area contributed by atoms with Crippen LogP contribution in [0.1, 0.15) is 39.5 Å². The molecule has 1 N–H and O–H groups in total. The van der Waals surface area contributed by atoms with E-state index in [2.05, 4.69) is 0 Å². The zero-order valence-corrected chi connectivity index (χ0v) is 12.5. The van der Waals surface area contributed by atoms with E-state index in [4.69, 9.17) is 0 Å². The lowest BCUT2D eigenvalue weighted by Gasteiger charge is -2.29. The second-order valence-corrected chi connectivity index (χ2v) is 6.75. The van der Waals surface area contributed by atoms with E-state index in [9.17, 15) is 19.5 Å². The maximum atomic E-state index is 12.5. The summed E-state index contributed by atoms with van der Waals surface area (Å²) in [6, 6.07) is -1.35. The molecule has 6 heteroatoms. The zero-order chi connectivity index (χ0) is 15.3. The van der Waals surface area contributed by atoms with E-state index in [0.717, 1.165) is 19.3 Å². The molecule has 3 fully saturated rings. The molecule has 0 aromatic carbocycles. The standard InChI is InChI=1S/C15H22N2O4/c1-8(2)17-12(18)6-11(14(17)19)16-7-9-4-3-5-10(9)13(16)15(20)21/h8-11,13H,3-7H2,1-2H3,(H,20,21). The van der Waals surface area contributed by atoms with Gasteiger partial charge in [0.15, 0.2) is 0 Å². The van der Waals surface area contributed by atoms with Crippen LogP contribution in [0.3, 0.4) is 0 Å². The summed E-state index contributed by atoms with van der Waals surface area (Å²) in [7, 11) is 0. The number of hydrogen-bond donors (Lipinski definition) is 1. The third kappa shape index (κ3) is 2.16. The van der Waals surface area contributed by atoms with Crippen molar-refractivity contribution >= 4 is 17.8 Å². The number of likely N-dealkylation sites (tertiary alicyclic amines) is 2. The van der Waals surface area contributed by atoms with Crippen molar-refractivity contribution in [2.24, 2.45) is 11.8 Å². The van der Waals surface area contributed by atoms with Gasteiger partial charge in [0, 0.05) is 12.6 Å². The highest BCUT2D eigenvalue weighted by Gasteiger charge is 2.54. The molecule has 0 bridgehead atoms. The number of carbonyl (C=O) groups is 3. The fourth-order valence-corrected chi connectivity index (χ4v) is 4.42. The fourth-order valence-electron chi connectivity index (χ4n) is 4.42. The van der Waals surface area contributed by atoms with Gasteiger partial charge in [-0.2, -0.15) is 0 Å². The van der Waals surface area contributed by atoms with E-state index < -0.39 is 18.1 Å². The molecule has 4 atom stereocenters. The van der Waals surface area contributed by atoms with Crippen molar-refractivity contribution in [2.75, 3.05) is 6.54 Å². The van der Waals surface area contributed by atoms with E-state index in [0.29, 0.717) is 12.5 Å². The Labute approximate surface area is 124 Å². The highest BCUT2D eigenvalue weighted by molar-refractivity contribution is 6.06. The molecule has 6 nitrogen and oxygen atoms in total. The Morgan fingerprint density at radius 3 is 2.57 bits per heavy atom. The average Bonchev–Trinajstić information content (AvgIpc) is 3.00. The molecule has 2 heterocycles. The van der Waals surface area contributed by atoms with Crippen molar-refractivity contribution in [3.05, 3.63) is 0 Å². The smallest absolute Gasteiger partial charge is 0.321 e. The Morgan fingerprint density at radius 2 is 2.00 bits per heavy atom. The summed E-state index contributed by atoms with van der Waals surface area (Å²) in [5, 5.41) is 9.57. The Balaban J connectivity index is 1.85. The lowest BCUT2D eigenvalue weighted by Crippen LogP contribution is -2.49. The van der Waals surface area contributed by atoms with Crippen LogP contribution in [0.4, 0.5) is 0 Å². The first kappa shape index (κ1) is 14.5. The van der Waals surface area contributed by atoms with Crippen LogP contribution in [0.2, 0.25) is 0 Å². The topological polar surface area (TPSA) is 77.9 Å². The minimum Gasteiger partial charge on any atom is -0.480 e. The Hall–Kier alpha value is -1.43. The highest BCUT2D eigenvalue weighted by Crippen LogP contribution is 2.44. The van der Waals surface area contributed by atoms with E-state index in [1.807, 2.05) is 13.8 Å². The largest absolute Gasteiger partial charge is 0.480 e. The summed E-state index contributed by atoms with van der Waals surface area (Å²) in [6.07, 6.45) is 3.15. The van der Waals surface area contributed by atoms with Crippen molar-refractivity contribution in [3.8, 4) is 0 Å². The SMILES string of the molecule is CC(C)N1C(=O)CC(N2CC3CCCC3C2C(=O)O)C1=O. The van der Waals surface area contributed by atoms with Gasteiger partial charge >= 0.3 is 5.97 Å². The van der Waals surface area contributed by atoms with Gasteiger partial charge in [-0.25, -0.2) is 0 Å². The normalized spacial score (nSPS) is 36.8. The van der Waals surface area contributed by atoms with Crippen molar-refractivity contribution in [1.82, 2.24) is 9.80 Å². The monoisotopic (exact) mass is 294 g/mol.